The van der Waals surface area contributed by atoms with E-state index >= 15 is 0 Å². The Morgan fingerprint density at radius 1 is 0.239 bits per heavy atom. The lowest BCUT2D eigenvalue weighted by atomic mass is 9.93. The quantitative estimate of drug-likeness (QED) is 0.128. The largest absolute Gasteiger partial charge is 0.454 e. The molecule has 0 spiro atoms. The van der Waals surface area contributed by atoms with Gasteiger partial charge in [-0.25, -0.2) is 0 Å². The van der Waals surface area contributed by atoms with E-state index in [0.717, 1.165) is 111 Å². The van der Waals surface area contributed by atoms with E-state index in [-0.39, 0.29) is 0 Å². The van der Waals surface area contributed by atoms with Crippen molar-refractivity contribution in [2.24, 2.45) is 0 Å². The number of hydrogen-bond donors (Lipinski definition) is 0. The first-order valence-corrected chi connectivity index (χ1v) is 22.9. The molecule has 3 nitrogen and oxygen atoms in total. The molecule has 11 aromatic carbocycles. The van der Waals surface area contributed by atoms with Crippen molar-refractivity contribution in [3.05, 3.63) is 267 Å². The molecule has 3 heteroatoms. The summed E-state index contributed by atoms with van der Waals surface area (Å²) in [6, 6.07) is 95.5. The zero-order valence-corrected chi connectivity index (χ0v) is 36.7. The first-order chi connectivity index (χ1) is 33.3. The van der Waals surface area contributed by atoms with Gasteiger partial charge in [0.2, 0.25) is 0 Å². The van der Waals surface area contributed by atoms with E-state index in [1.54, 1.807) is 0 Å². The molecule has 1 aromatic heterocycles. The Bertz CT molecular complexity index is 3530. The summed E-state index contributed by atoms with van der Waals surface area (Å²) >= 11 is 0. The molecule has 0 aliphatic carbocycles. The van der Waals surface area contributed by atoms with Gasteiger partial charge in [0.15, 0.2) is 5.58 Å². The predicted octanol–water partition coefficient (Wildman–Crippen LogP) is 18.3. The van der Waals surface area contributed by atoms with Gasteiger partial charge in [0.1, 0.15) is 5.58 Å². The molecule has 12 rings (SSSR count). The zero-order chi connectivity index (χ0) is 44.5. The first-order valence-electron chi connectivity index (χ1n) is 22.9. The lowest BCUT2D eigenvalue weighted by molar-refractivity contribution is 0.669. The van der Waals surface area contributed by atoms with Crippen molar-refractivity contribution in [1.29, 1.82) is 0 Å². The van der Waals surface area contributed by atoms with Crippen LogP contribution < -0.4 is 9.80 Å². The van der Waals surface area contributed by atoms with E-state index in [4.69, 9.17) is 4.42 Å². The molecule has 0 radical (unpaired) electrons. The number of para-hydroxylation sites is 5. The second-order valence-electron chi connectivity index (χ2n) is 16.7. The highest BCUT2D eigenvalue weighted by atomic mass is 16.3. The molecule has 0 bridgehead atoms. The Kier molecular flexibility index (Phi) is 10.2. The maximum atomic E-state index is 7.43. The van der Waals surface area contributed by atoms with Gasteiger partial charge in [-0.2, -0.15) is 0 Å². The van der Waals surface area contributed by atoms with Gasteiger partial charge in [0.05, 0.1) is 39.5 Å². The van der Waals surface area contributed by atoms with E-state index in [0.29, 0.717) is 0 Å². The number of anilines is 6. The highest BCUT2D eigenvalue weighted by Crippen LogP contribution is 2.57. The second kappa shape index (κ2) is 17.2. The van der Waals surface area contributed by atoms with Crippen molar-refractivity contribution in [3.63, 3.8) is 0 Å². The van der Waals surface area contributed by atoms with Crippen LogP contribution in [0.1, 0.15) is 0 Å². The molecule has 0 atom stereocenters. The van der Waals surface area contributed by atoms with Crippen LogP contribution in [0, 0.1) is 0 Å². The van der Waals surface area contributed by atoms with Gasteiger partial charge in [-0.3, -0.25) is 0 Å². The maximum Gasteiger partial charge on any atom is 0.162 e. The van der Waals surface area contributed by atoms with Crippen molar-refractivity contribution in [2.75, 3.05) is 9.80 Å². The summed E-state index contributed by atoms with van der Waals surface area (Å²) in [5, 5.41) is 4.19. The van der Waals surface area contributed by atoms with Crippen LogP contribution in [0.5, 0.6) is 0 Å². The van der Waals surface area contributed by atoms with Gasteiger partial charge >= 0.3 is 0 Å². The molecular formula is C64H44N2O. The van der Waals surface area contributed by atoms with Crippen LogP contribution in [0.3, 0.4) is 0 Å². The Hall–Kier alpha value is -8.92. The molecule has 0 saturated carbocycles. The van der Waals surface area contributed by atoms with Crippen molar-refractivity contribution in [1.82, 2.24) is 0 Å². The maximum absolute atomic E-state index is 7.43. The van der Waals surface area contributed by atoms with Crippen LogP contribution in [-0.4, -0.2) is 0 Å². The van der Waals surface area contributed by atoms with Crippen molar-refractivity contribution < 1.29 is 4.42 Å². The predicted molar refractivity (Wildman–Crippen MR) is 282 cm³/mol. The number of benzene rings is 11. The molecule has 0 N–H and O–H groups in total. The highest BCUT2D eigenvalue weighted by molar-refractivity contribution is 6.29. The van der Waals surface area contributed by atoms with Crippen molar-refractivity contribution in [2.45, 2.75) is 0 Å². The minimum atomic E-state index is 0.792. The molecule has 0 aliphatic heterocycles. The van der Waals surface area contributed by atoms with Gasteiger partial charge in [0, 0.05) is 38.4 Å². The zero-order valence-electron chi connectivity index (χ0n) is 36.7. The fraction of sp³-hybridized carbons (Fsp3) is 0. The standard InChI is InChI=1S/C64H44N2O/c1-5-25-45(26-6-1)49-33-15-20-40-56(49)65(57-41-21-16-34-50(57)46-27-7-2-8-28-46)62-53-37-13-14-38-54(53)63(64-61(62)55-39-19-24-44-60(55)67-64)66(58-42-22-17-35-51(58)47-29-9-3-10-30-47)59-43-23-18-36-52(59)48-31-11-4-12-32-48/h1-44H. The molecule has 0 saturated heterocycles. The summed E-state index contributed by atoms with van der Waals surface area (Å²) in [6.07, 6.45) is 0. The third kappa shape index (κ3) is 7.02. The SMILES string of the molecule is c1ccc(-c2ccccc2N(c2ccccc2-c2ccccc2)c2c3ccccc3c(N(c3ccccc3-c3ccccc3)c3ccccc3-c3ccccc3)c3c2oc2ccccc23)cc1. The third-order valence-electron chi connectivity index (χ3n) is 12.9. The number of hydrogen-bond acceptors (Lipinski definition) is 3. The van der Waals surface area contributed by atoms with Gasteiger partial charge in [-0.15, -0.1) is 0 Å². The topological polar surface area (TPSA) is 19.6 Å². The highest BCUT2D eigenvalue weighted by Gasteiger charge is 2.32. The number of nitrogens with zero attached hydrogens (tertiary/aromatic N) is 2. The Morgan fingerprint density at radius 2 is 0.522 bits per heavy atom. The summed E-state index contributed by atoms with van der Waals surface area (Å²) in [7, 11) is 0. The molecule has 0 aliphatic rings. The average Bonchev–Trinajstić information content (AvgIpc) is 3.80. The minimum Gasteiger partial charge on any atom is -0.454 e. The summed E-state index contributed by atoms with van der Waals surface area (Å²) in [4.78, 5) is 4.96. The smallest absolute Gasteiger partial charge is 0.162 e. The monoisotopic (exact) mass is 856 g/mol. The number of furan rings is 1. The van der Waals surface area contributed by atoms with E-state index in [1.807, 2.05) is 0 Å². The van der Waals surface area contributed by atoms with Crippen LogP contribution in [0.15, 0.2) is 271 Å². The van der Waals surface area contributed by atoms with E-state index in [9.17, 15) is 0 Å². The molecule has 0 fully saturated rings. The molecular weight excluding hydrogens is 813 g/mol. The Balaban J connectivity index is 1.26. The van der Waals surface area contributed by atoms with Crippen molar-refractivity contribution in [3.8, 4) is 44.5 Å². The molecule has 0 unspecified atom stereocenters. The van der Waals surface area contributed by atoms with E-state index in [1.165, 1.54) is 0 Å². The van der Waals surface area contributed by atoms with Crippen LogP contribution in [0.25, 0.3) is 77.2 Å². The summed E-state index contributed by atoms with van der Waals surface area (Å²) in [6.45, 7) is 0. The molecule has 12 aromatic rings. The fourth-order valence-corrected chi connectivity index (χ4v) is 9.92. The van der Waals surface area contributed by atoms with Crippen LogP contribution in [-0.2, 0) is 0 Å². The summed E-state index contributed by atoms with van der Waals surface area (Å²) in [5.74, 6) is 0. The van der Waals surface area contributed by atoms with Gasteiger partial charge in [-0.1, -0.05) is 237 Å². The minimum absolute atomic E-state index is 0.792. The van der Waals surface area contributed by atoms with E-state index in [2.05, 4.69) is 277 Å². The van der Waals surface area contributed by atoms with Crippen LogP contribution >= 0.6 is 0 Å². The third-order valence-corrected chi connectivity index (χ3v) is 12.9. The van der Waals surface area contributed by atoms with Gasteiger partial charge in [-0.05, 0) is 52.6 Å². The second-order valence-corrected chi connectivity index (χ2v) is 16.7. The lowest BCUT2D eigenvalue weighted by Crippen LogP contribution is -2.16. The normalized spacial score (nSPS) is 11.3. The Labute approximate surface area is 390 Å². The number of rotatable bonds is 10. The summed E-state index contributed by atoms with van der Waals surface area (Å²) in [5.41, 5.74) is 16.8. The Morgan fingerprint density at radius 3 is 0.910 bits per heavy atom. The van der Waals surface area contributed by atoms with Crippen molar-refractivity contribution >= 4 is 66.8 Å². The fourth-order valence-electron chi connectivity index (χ4n) is 9.92. The lowest BCUT2D eigenvalue weighted by Gasteiger charge is -2.34. The molecule has 1 heterocycles. The van der Waals surface area contributed by atoms with Gasteiger partial charge in [0.25, 0.3) is 0 Å². The average molecular weight is 857 g/mol. The van der Waals surface area contributed by atoms with Crippen LogP contribution in [0.4, 0.5) is 34.1 Å². The summed E-state index contributed by atoms with van der Waals surface area (Å²) < 4.78 is 7.43. The molecule has 67 heavy (non-hydrogen) atoms. The molecule has 0 amide bonds. The molecule has 316 valence electrons. The van der Waals surface area contributed by atoms with Crippen LogP contribution in [0.2, 0.25) is 0 Å². The van der Waals surface area contributed by atoms with E-state index < -0.39 is 0 Å². The van der Waals surface area contributed by atoms with Gasteiger partial charge < -0.3 is 14.2 Å². The number of fused-ring (bicyclic) bond motifs is 4. The first kappa shape index (κ1) is 39.7.